The van der Waals surface area contributed by atoms with Crippen LogP contribution in [0.25, 0.3) is 10.6 Å². The predicted molar refractivity (Wildman–Crippen MR) is 88.2 cm³/mol. The molecule has 1 fully saturated rings. The number of rotatable bonds is 4. The number of hydrogen-bond donors (Lipinski definition) is 1. The molecule has 1 aliphatic heterocycles. The van der Waals surface area contributed by atoms with Crippen LogP contribution in [0, 0.1) is 5.92 Å². The number of aliphatic carboxylic acids is 1. The topological polar surface area (TPSA) is 53.4 Å². The standard InChI is InChI=1S/C16H17ClN2O2S/c1-10-14(16(20)21)6-7-19(10)9-13-8-18-15(22-13)11-2-4-12(17)5-3-11/h2-5,8,10,14H,6-7,9H2,1H3,(H,20,21). The molecule has 2 unspecified atom stereocenters. The second-order valence-electron chi connectivity index (χ2n) is 5.58. The average Bonchev–Trinajstić information content (AvgIpc) is 3.08. The van der Waals surface area contributed by atoms with Crippen LogP contribution in [0.1, 0.15) is 18.2 Å². The van der Waals surface area contributed by atoms with Crippen molar-refractivity contribution in [2.24, 2.45) is 5.92 Å². The summed E-state index contributed by atoms with van der Waals surface area (Å²) in [5.41, 5.74) is 1.05. The first-order valence-corrected chi connectivity index (χ1v) is 8.41. The van der Waals surface area contributed by atoms with Crippen molar-refractivity contribution in [1.29, 1.82) is 0 Å². The molecule has 0 saturated carbocycles. The third-order valence-electron chi connectivity index (χ3n) is 4.21. The summed E-state index contributed by atoms with van der Waals surface area (Å²) in [5.74, 6) is -0.954. The van der Waals surface area contributed by atoms with Crippen LogP contribution < -0.4 is 0 Å². The van der Waals surface area contributed by atoms with E-state index in [1.54, 1.807) is 11.3 Å². The molecule has 1 N–H and O–H groups in total. The van der Waals surface area contributed by atoms with Gasteiger partial charge in [-0.05, 0) is 32.0 Å². The van der Waals surface area contributed by atoms with E-state index in [1.807, 2.05) is 37.4 Å². The molecular formula is C16H17ClN2O2S. The van der Waals surface area contributed by atoms with Crippen LogP contribution in [0.4, 0.5) is 0 Å². The Balaban J connectivity index is 1.70. The van der Waals surface area contributed by atoms with Crippen LogP contribution in [-0.2, 0) is 11.3 Å². The number of carbonyl (C=O) groups is 1. The van der Waals surface area contributed by atoms with Gasteiger partial charge in [0.15, 0.2) is 0 Å². The molecule has 0 aliphatic carbocycles. The van der Waals surface area contributed by atoms with Crippen molar-refractivity contribution in [3.05, 3.63) is 40.4 Å². The SMILES string of the molecule is CC1C(C(=O)O)CCN1Cc1cnc(-c2ccc(Cl)cc2)s1. The van der Waals surface area contributed by atoms with Crippen molar-refractivity contribution < 1.29 is 9.90 Å². The summed E-state index contributed by atoms with van der Waals surface area (Å²) >= 11 is 7.55. The van der Waals surface area contributed by atoms with Gasteiger partial charge in [-0.15, -0.1) is 11.3 Å². The molecule has 0 spiro atoms. The number of thiazole rings is 1. The van der Waals surface area contributed by atoms with E-state index in [0.29, 0.717) is 5.02 Å². The molecule has 22 heavy (non-hydrogen) atoms. The van der Waals surface area contributed by atoms with E-state index in [0.717, 1.165) is 35.0 Å². The molecule has 1 aliphatic rings. The van der Waals surface area contributed by atoms with E-state index < -0.39 is 5.97 Å². The van der Waals surface area contributed by atoms with Gasteiger partial charge in [-0.1, -0.05) is 23.7 Å². The zero-order valence-electron chi connectivity index (χ0n) is 12.2. The lowest BCUT2D eigenvalue weighted by atomic mass is 10.0. The van der Waals surface area contributed by atoms with Gasteiger partial charge >= 0.3 is 5.97 Å². The fraction of sp³-hybridized carbons (Fsp3) is 0.375. The van der Waals surface area contributed by atoms with Gasteiger partial charge in [-0.25, -0.2) is 4.98 Å². The maximum atomic E-state index is 11.2. The van der Waals surface area contributed by atoms with Gasteiger partial charge in [0, 0.05) is 34.2 Å². The minimum absolute atomic E-state index is 0.0681. The summed E-state index contributed by atoms with van der Waals surface area (Å²) in [5, 5.41) is 10.9. The number of hydrogen-bond acceptors (Lipinski definition) is 4. The zero-order chi connectivity index (χ0) is 15.7. The lowest BCUT2D eigenvalue weighted by Crippen LogP contribution is -2.32. The van der Waals surface area contributed by atoms with Gasteiger partial charge in [-0.2, -0.15) is 0 Å². The summed E-state index contributed by atoms with van der Waals surface area (Å²) in [6.45, 7) is 3.58. The Morgan fingerprint density at radius 3 is 2.82 bits per heavy atom. The predicted octanol–water partition coefficient (Wildman–Crippen LogP) is 3.76. The monoisotopic (exact) mass is 336 g/mol. The Morgan fingerprint density at radius 2 is 2.18 bits per heavy atom. The molecule has 116 valence electrons. The average molecular weight is 337 g/mol. The van der Waals surface area contributed by atoms with Crippen LogP contribution in [-0.4, -0.2) is 33.5 Å². The Labute approximate surface area is 138 Å². The van der Waals surface area contributed by atoms with Crippen molar-refractivity contribution in [3.8, 4) is 10.6 Å². The lowest BCUT2D eigenvalue weighted by molar-refractivity contribution is -0.142. The Kier molecular flexibility index (Phi) is 4.47. The van der Waals surface area contributed by atoms with Gasteiger partial charge in [0.1, 0.15) is 5.01 Å². The molecule has 6 heteroatoms. The largest absolute Gasteiger partial charge is 0.481 e. The summed E-state index contributed by atoms with van der Waals surface area (Å²) in [4.78, 5) is 19.0. The van der Waals surface area contributed by atoms with E-state index >= 15 is 0 Å². The number of carboxylic acids is 1. The van der Waals surface area contributed by atoms with Crippen molar-refractivity contribution >= 4 is 28.9 Å². The Morgan fingerprint density at radius 1 is 1.45 bits per heavy atom. The third kappa shape index (κ3) is 3.16. The van der Waals surface area contributed by atoms with E-state index in [1.165, 1.54) is 0 Å². The number of aromatic nitrogens is 1. The molecular weight excluding hydrogens is 320 g/mol. The van der Waals surface area contributed by atoms with Crippen LogP contribution in [0.5, 0.6) is 0 Å². The second kappa shape index (κ2) is 6.36. The van der Waals surface area contributed by atoms with Gasteiger partial charge < -0.3 is 5.11 Å². The first kappa shape index (κ1) is 15.5. The zero-order valence-corrected chi connectivity index (χ0v) is 13.8. The van der Waals surface area contributed by atoms with Crippen LogP contribution in [0.2, 0.25) is 5.02 Å². The molecule has 1 aromatic carbocycles. The third-order valence-corrected chi connectivity index (χ3v) is 5.49. The van der Waals surface area contributed by atoms with Crippen molar-refractivity contribution in [3.63, 3.8) is 0 Å². The van der Waals surface area contributed by atoms with Crippen molar-refractivity contribution in [2.45, 2.75) is 25.9 Å². The molecule has 4 nitrogen and oxygen atoms in total. The van der Waals surface area contributed by atoms with Gasteiger partial charge in [0.25, 0.3) is 0 Å². The molecule has 2 aromatic rings. The molecule has 1 aromatic heterocycles. The number of nitrogens with zero attached hydrogens (tertiary/aromatic N) is 2. The van der Waals surface area contributed by atoms with E-state index in [4.69, 9.17) is 11.6 Å². The fourth-order valence-corrected chi connectivity index (χ4v) is 3.93. The quantitative estimate of drug-likeness (QED) is 0.923. The number of carboxylic acid groups (broad SMARTS) is 1. The van der Waals surface area contributed by atoms with Crippen LogP contribution in [0.3, 0.4) is 0 Å². The van der Waals surface area contributed by atoms with Gasteiger partial charge in [0.05, 0.1) is 5.92 Å². The smallest absolute Gasteiger partial charge is 0.308 e. The molecule has 3 rings (SSSR count). The molecule has 0 amide bonds. The van der Waals surface area contributed by atoms with Gasteiger partial charge in [0.2, 0.25) is 0 Å². The van der Waals surface area contributed by atoms with Gasteiger partial charge in [-0.3, -0.25) is 9.69 Å². The minimum Gasteiger partial charge on any atom is -0.481 e. The Hall–Kier alpha value is -1.43. The minimum atomic E-state index is -0.693. The summed E-state index contributed by atoms with van der Waals surface area (Å²) in [7, 11) is 0. The second-order valence-corrected chi connectivity index (χ2v) is 7.13. The van der Waals surface area contributed by atoms with Crippen LogP contribution >= 0.6 is 22.9 Å². The summed E-state index contributed by atoms with van der Waals surface area (Å²) < 4.78 is 0. The highest BCUT2D eigenvalue weighted by Gasteiger charge is 2.35. The van der Waals surface area contributed by atoms with E-state index in [9.17, 15) is 9.90 Å². The highest BCUT2D eigenvalue weighted by atomic mass is 35.5. The van der Waals surface area contributed by atoms with Crippen molar-refractivity contribution in [1.82, 2.24) is 9.88 Å². The summed E-state index contributed by atoms with van der Waals surface area (Å²) in [6.07, 6.45) is 2.61. The normalized spacial score (nSPS) is 22.1. The first-order chi connectivity index (χ1) is 10.5. The number of benzene rings is 1. The summed E-state index contributed by atoms with van der Waals surface area (Å²) in [6, 6.07) is 7.71. The van der Waals surface area contributed by atoms with E-state index in [-0.39, 0.29) is 12.0 Å². The van der Waals surface area contributed by atoms with Crippen molar-refractivity contribution in [2.75, 3.05) is 6.54 Å². The lowest BCUT2D eigenvalue weighted by Gasteiger charge is -2.21. The number of halogens is 1. The first-order valence-electron chi connectivity index (χ1n) is 7.22. The highest BCUT2D eigenvalue weighted by Crippen LogP contribution is 2.30. The molecule has 0 bridgehead atoms. The van der Waals surface area contributed by atoms with E-state index in [2.05, 4.69) is 9.88 Å². The molecule has 2 atom stereocenters. The van der Waals surface area contributed by atoms with Crippen LogP contribution in [0.15, 0.2) is 30.5 Å². The number of likely N-dealkylation sites (tertiary alicyclic amines) is 1. The maximum absolute atomic E-state index is 11.2. The fourth-order valence-electron chi connectivity index (χ4n) is 2.86. The Bertz CT molecular complexity index is 671. The molecule has 0 radical (unpaired) electrons. The molecule has 2 heterocycles. The maximum Gasteiger partial charge on any atom is 0.308 e. The highest BCUT2D eigenvalue weighted by molar-refractivity contribution is 7.15. The molecule has 1 saturated heterocycles.